The molecule has 0 aliphatic heterocycles. The fourth-order valence-corrected chi connectivity index (χ4v) is 3.26. The summed E-state index contributed by atoms with van der Waals surface area (Å²) in [5.74, 6) is -0.0436. The summed E-state index contributed by atoms with van der Waals surface area (Å²) in [6.07, 6.45) is 0. The molecule has 0 spiro atoms. The lowest BCUT2D eigenvalue weighted by Crippen LogP contribution is -2.32. The maximum Gasteiger partial charge on any atom is 0.329 e. The van der Waals surface area contributed by atoms with E-state index in [1.54, 1.807) is 31.2 Å². The molecule has 2 aromatic heterocycles. The molecule has 0 aliphatic carbocycles. The van der Waals surface area contributed by atoms with E-state index < -0.39 is 17.2 Å². The lowest BCUT2D eigenvalue weighted by atomic mass is 10.0. The number of anilines is 1. The van der Waals surface area contributed by atoms with E-state index in [0.29, 0.717) is 28.7 Å². The summed E-state index contributed by atoms with van der Waals surface area (Å²) in [7, 11) is 1.50. The van der Waals surface area contributed by atoms with Crippen LogP contribution in [-0.4, -0.2) is 27.6 Å². The average molecular weight is 417 g/mol. The maximum atomic E-state index is 13.1. The van der Waals surface area contributed by atoms with E-state index in [9.17, 15) is 14.4 Å². The van der Waals surface area contributed by atoms with Gasteiger partial charge in [-0.3, -0.25) is 19.1 Å². The van der Waals surface area contributed by atoms with Crippen LogP contribution in [0.25, 0.3) is 11.0 Å². The van der Waals surface area contributed by atoms with Gasteiger partial charge in [-0.1, -0.05) is 25.4 Å². The summed E-state index contributed by atoms with van der Waals surface area (Å²) in [5.41, 5.74) is 0.140. The van der Waals surface area contributed by atoms with Gasteiger partial charge in [0.05, 0.1) is 23.1 Å². The molecule has 0 saturated heterocycles. The Morgan fingerprint density at radius 1 is 1.31 bits per heavy atom. The van der Waals surface area contributed by atoms with E-state index in [-0.39, 0.29) is 22.5 Å². The SMILES string of the molecule is CCn1c(=O)[nH]c(=O)c2c(C(=O)Nc3ccc(OC)c(Cl)c3)cc(C(C)C)nc21. The first-order valence-corrected chi connectivity index (χ1v) is 9.47. The number of carbonyl (C=O) groups is 1. The highest BCUT2D eigenvalue weighted by Gasteiger charge is 2.20. The number of methoxy groups -OCH3 is 1. The number of H-pyrrole nitrogens is 1. The Labute approximate surface area is 171 Å². The predicted molar refractivity (Wildman–Crippen MR) is 112 cm³/mol. The molecule has 2 heterocycles. The van der Waals surface area contributed by atoms with Crippen molar-refractivity contribution in [3.8, 4) is 5.75 Å². The minimum absolute atomic E-state index is 0.0129. The second-order valence-corrected chi connectivity index (χ2v) is 7.16. The number of nitrogens with one attached hydrogen (secondary N) is 2. The zero-order valence-electron chi connectivity index (χ0n) is 16.5. The van der Waals surface area contributed by atoms with Crippen LogP contribution in [0.2, 0.25) is 5.02 Å². The van der Waals surface area contributed by atoms with E-state index in [1.807, 2.05) is 13.8 Å². The number of aromatic nitrogens is 3. The maximum absolute atomic E-state index is 13.1. The molecule has 152 valence electrons. The number of hydrogen-bond donors (Lipinski definition) is 2. The fourth-order valence-electron chi connectivity index (χ4n) is 3.00. The summed E-state index contributed by atoms with van der Waals surface area (Å²) in [5, 5.41) is 3.14. The number of hydrogen-bond acceptors (Lipinski definition) is 5. The molecule has 1 aromatic carbocycles. The minimum atomic E-state index is -0.657. The highest BCUT2D eigenvalue weighted by atomic mass is 35.5. The van der Waals surface area contributed by atoms with Crippen LogP contribution in [0.3, 0.4) is 0 Å². The van der Waals surface area contributed by atoms with Gasteiger partial charge in [0.15, 0.2) is 5.65 Å². The van der Waals surface area contributed by atoms with E-state index in [1.165, 1.54) is 11.7 Å². The number of benzene rings is 1. The number of carbonyl (C=O) groups excluding carboxylic acids is 1. The number of fused-ring (bicyclic) bond motifs is 1. The zero-order valence-corrected chi connectivity index (χ0v) is 17.3. The number of aryl methyl sites for hydroxylation is 1. The monoisotopic (exact) mass is 416 g/mol. The van der Waals surface area contributed by atoms with Crippen molar-refractivity contribution >= 4 is 34.2 Å². The van der Waals surface area contributed by atoms with Crippen molar-refractivity contribution in [1.29, 1.82) is 0 Å². The van der Waals surface area contributed by atoms with Crippen LogP contribution in [-0.2, 0) is 6.54 Å². The molecule has 3 rings (SSSR count). The van der Waals surface area contributed by atoms with Gasteiger partial charge in [0, 0.05) is 17.9 Å². The Kier molecular flexibility index (Phi) is 5.74. The van der Waals surface area contributed by atoms with Crippen molar-refractivity contribution < 1.29 is 9.53 Å². The Morgan fingerprint density at radius 3 is 2.62 bits per heavy atom. The minimum Gasteiger partial charge on any atom is -0.495 e. The first-order chi connectivity index (χ1) is 13.8. The molecule has 0 radical (unpaired) electrons. The number of ether oxygens (including phenoxy) is 1. The van der Waals surface area contributed by atoms with E-state index >= 15 is 0 Å². The summed E-state index contributed by atoms with van der Waals surface area (Å²) in [4.78, 5) is 44.5. The third-order valence-electron chi connectivity index (χ3n) is 4.53. The zero-order chi connectivity index (χ0) is 21.3. The molecular formula is C20H21ClN4O4. The first-order valence-electron chi connectivity index (χ1n) is 9.09. The third kappa shape index (κ3) is 3.88. The quantitative estimate of drug-likeness (QED) is 0.664. The van der Waals surface area contributed by atoms with Crippen molar-refractivity contribution in [2.45, 2.75) is 33.2 Å². The van der Waals surface area contributed by atoms with Crippen LogP contribution in [0.1, 0.15) is 42.7 Å². The van der Waals surface area contributed by atoms with E-state index in [2.05, 4.69) is 15.3 Å². The molecule has 0 unspecified atom stereocenters. The van der Waals surface area contributed by atoms with Gasteiger partial charge >= 0.3 is 5.69 Å². The van der Waals surface area contributed by atoms with Crippen LogP contribution < -0.4 is 21.3 Å². The van der Waals surface area contributed by atoms with Crippen molar-refractivity contribution in [1.82, 2.24) is 14.5 Å². The molecular weight excluding hydrogens is 396 g/mol. The summed E-state index contributed by atoms with van der Waals surface area (Å²) in [6, 6.07) is 6.40. The topological polar surface area (TPSA) is 106 Å². The van der Waals surface area contributed by atoms with Crippen molar-refractivity contribution in [2.75, 3.05) is 12.4 Å². The molecule has 0 atom stereocenters. The fraction of sp³-hybridized carbons (Fsp3) is 0.300. The molecule has 3 aromatic rings. The Bertz CT molecular complexity index is 1210. The highest BCUT2D eigenvalue weighted by molar-refractivity contribution is 6.32. The molecule has 1 amide bonds. The van der Waals surface area contributed by atoms with Gasteiger partial charge in [-0.15, -0.1) is 0 Å². The van der Waals surface area contributed by atoms with Gasteiger partial charge in [0.25, 0.3) is 11.5 Å². The number of amides is 1. The van der Waals surface area contributed by atoms with Crippen LogP contribution in [0.15, 0.2) is 33.9 Å². The summed E-state index contributed by atoms with van der Waals surface area (Å²) >= 11 is 6.12. The number of rotatable bonds is 5. The largest absolute Gasteiger partial charge is 0.495 e. The number of aromatic amines is 1. The molecule has 8 nitrogen and oxygen atoms in total. The van der Waals surface area contributed by atoms with Crippen molar-refractivity contribution in [3.05, 3.63) is 61.4 Å². The molecule has 0 aliphatic rings. The van der Waals surface area contributed by atoms with Gasteiger partial charge in [-0.25, -0.2) is 9.78 Å². The lowest BCUT2D eigenvalue weighted by Gasteiger charge is -2.14. The Balaban J connectivity index is 2.19. The second kappa shape index (κ2) is 8.08. The third-order valence-corrected chi connectivity index (χ3v) is 4.83. The van der Waals surface area contributed by atoms with Gasteiger partial charge in [0.2, 0.25) is 0 Å². The molecule has 0 bridgehead atoms. The van der Waals surface area contributed by atoms with Crippen LogP contribution in [0, 0.1) is 0 Å². The summed E-state index contributed by atoms with van der Waals surface area (Å²) < 4.78 is 6.45. The van der Waals surface area contributed by atoms with Gasteiger partial charge < -0.3 is 10.1 Å². The Hall–Kier alpha value is -3.13. The highest BCUT2D eigenvalue weighted by Crippen LogP contribution is 2.28. The Morgan fingerprint density at radius 2 is 2.03 bits per heavy atom. The lowest BCUT2D eigenvalue weighted by molar-refractivity contribution is 0.102. The van der Waals surface area contributed by atoms with Gasteiger partial charge in [0.1, 0.15) is 5.75 Å². The standard InChI is InChI=1S/C20H21ClN4O4/c1-5-25-17-16(19(27)24-20(25)28)12(9-14(23-17)10(2)3)18(26)22-11-6-7-15(29-4)13(21)8-11/h6-10H,5H2,1-4H3,(H,22,26)(H,24,27,28). The van der Waals surface area contributed by atoms with Crippen molar-refractivity contribution in [3.63, 3.8) is 0 Å². The van der Waals surface area contributed by atoms with Gasteiger partial charge in [-0.2, -0.15) is 0 Å². The molecule has 0 fully saturated rings. The van der Waals surface area contributed by atoms with Gasteiger partial charge in [-0.05, 0) is 37.1 Å². The molecule has 0 saturated carbocycles. The second-order valence-electron chi connectivity index (χ2n) is 6.75. The first kappa shape index (κ1) is 20.6. The van der Waals surface area contributed by atoms with E-state index in [0.717, 1.165) is 0 Å². The smallest absolute Gasteiger partial charge is 0.329 e. The molecule has 2 N–H and O–H groups in total. The van der Waals surface area contributed by atoms with Crippen LogP contribution in [0.4, 0.5) is 5.69 Å². The van der Waals surface area contributed by atoms with E-state index in [4.69, 9.17) is 16.3 Å². The summed E-state index contributed by atoms with van der Waals surface area (Å²) in [6.45, 7) is 5.90. The normalized spacial score (nSPS) is 11.1. The molecule has 29 heavy (non-hydrogen) atoms. The number of halogens is 1. The van der Waals surface area contributed by atoms with Crippen LogP contribution in [0.5, 0.6) is 5.75 Å². The average Bonchev–Trinajstić information content (AvgIpc) is 2.67. The number of pyridine rings is 1. The predicted octanol–water partition coefficient (Wildman–Crippen LogP) is 3.14. The van der Waals surface area contributed by atoms with Crippen molar-refractivity contribution in [2.24, 2.45) is 0 Å². The molecule has 9 heteroatoms. The van der Waals surface area contributed by atoms with Crippen LogP contribution >= 0.6 is 11.6 Å². The number of nitrogens with zero attached hydrogens (tertiary/aromatic N) is 2.